The molecule has 0 amide bonds. The van der Waals surface area contributed by atoms with Gasteiger partial charge in [0.1, 0.15) is 5.75 Å². The first-order chi connectivity index (χ1) is 12.2. The molecule has 0 saturated heterocycles. The summed E-state index contributed by atoms with van der Waals surface area (Å²) in [6, 6.07) is 16.2. The Balaban J connectivity index is 1.82. The van der Waals surface area contributed by atoms with E-state index in [4.69, 9.17) is 4.74 Å². The first-order valence-corrected chi connectivity index (χ1v) is 8.61. The molecule has 1 heterocycles. The van der Waals surface area contributed by atoms with Gasteiger partial charge in [-0.05, 0) is 12.1 Å². The Morgan fingerprint density at radius 3 is 2.72 bits per heavy atom. The second-order valence-corrected chi connectivity index (χ2v) is 6.15. The van der Waals surface area contributed by atoms with Crippen molar-refractivity contribution >= 4 is 17.5 Å². The Kier molecular flexibility index (Phi) is 5.30. The molecular weight excluding hydrogens is 336 g/mol. The van der Waals surface area contributed by atoms with E-state index in [1.54, 1.807) is 37.7 Å². The van der Waals surface area contributed by atoms with Crippen molar-refractivity contribution in [1.82, 2.24) is 9.55 Å². The van der Waals surface area contributed by atoms with Crippen molar-refractivity contribution in [2.24, 2.45) is 0 Å². The average molecular weight is 352 g/mol. The van der Waals surface area contributed by atoms with Crippen molar-refractivity contribution in [3.8, 4) is 11.4 Å². The number of Topliss-reactive ketones (excluding diaryl/α,β-unsaturated/α-hetero) is 1. The Morgan fingerprint density at radius 1 is 1.16 bits per heavy atom. The molecule has 0 saturated carbocycles. The molecule has 2 aromatic carbocycles. The highest BCUT2D eigenvalue weighted by Crippen LogP contribution is 2.17. The van der Waals surface area contributed by atoms with Crippen molar-refractivity contribution in [3.05, 3.63) is 82.9 Å². The van der Waals surface area contributed by atoms with Crippen LogP contribution in [0.5, 0.6) is 5.75 Å². The molecule has 126 valence electrons. The Labute approximate surface area is 149 Å². The lowest BCUT2D eigenvalue weighted by Gasteiger charge is -2.08. The Bertz CT molecular complexity index is 939. The summed E-state index contributed by atoms with van der Waals surface area (Å²) < 4.78 is 6.68. The van der Waals surface area contributed by atoms with E-state index in [9.17, 15) is 9.59 Å². The van der Waals surface area contributed by atoms with Crippen molar-refractivity contribution in [3.63, 3.8) is 0 Å². The maximum absolute atomic E-state index is 12.6. The summed E-state index contributed by atoms with van der Waals surface area (Å²) in [7, 11) is 1.57. The number of ketones is 1. The average Bonchev–Trinajstić information content (AvgIpc) is 2.67. The van der Waals surface area contributed by atoms with E-state index in [0.29, 0.717) is 17.0 Å². The van der Waals surface area contributed by atoms with Gasteiger partial charge in [0.15, 0.2) is 10.8 Å². The highest BCUT2D eigenvalue weighted by atomic mass is 32.2. The molecule has 0 N–H and O–H groups in total. The molecule has 25 heavy (non-hydrogen) atoms. The van der Waals surface area contributed by atoms with Gasteiger partial charge in [0.05, 0.1) is 18.6 Å². The Hall–Kier alpha value is -2.86. The van der Waals surface area contributed by atoms with E-state index in [2.05, 4.69) is 4.98 Å². The molecule has 6 heteroatoms. The third-order valence-electron chi connectivity index (χ3n) is 3.58. The van der Waals surface area contributed by atoms with Gasteiger partial charge < -0.3 is 4.74 Å². The van der Waals surface area contributed by atoms with Crippen LogP contribution in [0.4, 0.5) is 0 Å². The lowest BCUT2D eigenvalue weighted by Crippen LogP contribution is -2.21. The number of hydrogen-bond acceptors (Lipinski definition) is 5. The van der Waals surface area contributed by atoms with Crippen LogP contribution in [0.1, 0.15) is 10.4 Å². The van der Waals surface area contributed by atoms with Crippen LogP contribution in [-0.4, -0.2) is 28.2 Å². The van der Waals surface area contributed by atoms with Gasteiger partial charge in [-0.2, -0.15) is 0 Å². The molecule has 1 aromatic heterocycles. The molecule has 0 fully saturated rings. The lowest BCUT2D eigenvalue weighted by atomic mass is 10.2. The van der Waals surface area contributed by atoms with Gasteiger partial charge in [0.2, 0.25) is 0 Å². The molecule has 0 radical (unpaired) electrons. The van der Waals surface area contributed by atoms with E-state index < -0.39 is 0 Å². The minimum absolute atomic E-state index is 0.0383. The second kappa shape index (κ2) is 7.81. The molecule has 5 nitrogen and oxygen atoms in total. The van der Waals surface area contributed by atoms with Crippen LogP contribution in [0.2, 0.25) is 0 Å². The van der Waals surface area contributed by atoms with Gasteiger partial charge in [-0.1, -0.05) is 48.2 Å². The van der Waals surface area contributed by atoms with E-state index in [0.717, 1.165) is 11.8 Å². The number of carbonyl (C=O) groups excluding carboxylic acids is 1. The van der Waals surface area contributed by atoms with Crippen molar-refractivity contribution < 1.29 is 9.53 Å². The van der Waals surface area contributed by atoms with E-state index in [-0.39, 0.29) is 22.1 Å². The lowest BCUT2D eigenvalue weighted by molar-refractivity contribution is 0.102. The molecule has 0 aliphatic carbocycles. The number of hydrogen-bond donors (Lipinski definition) is 0. The summed E-state index contributed by atoms with van der Waals surface area (Å²) in [6.45, 7) is 0. The molecule has 0 bridgehead atoms. The second-order valence-electron chi connectivity index (χ2n) is 5.19. The van der Waals surface area contributed by atoms with Gasteiger partial charge in [-0.25, -0.2) is 4.98 Å². The molecule has 0 atom stereocenters. The predicted molar refractivity (Wildman–Crippen MR) is 97.9 cm³/mol. The van der Waals surface area contributed by atoms with Crippen molar-refractivity contribution in [1.29, 1.82) is 0 Å². The van der Waals surface area contributed by atoms with Crippen LogP contribution in [0.3, 0.4) is 0 Å². The van der Waals surface area contributed by atoms with Crippen LogP contribution in [0, 0.1) is 0 Å². The third kappa shape index (κ3) is 3.97. The van der Waals surface area contributed by atoms with Gasteiger partial charge in [0, 0.05) is 24.0 Å². The number of benzene rings is 2. The maximum atomic E-state index is 12.6. The minimum Gasteiger partial charge on any atom is -0.497 e. The first-order valence-electron chi connectivity index (χ1n) is 7.62. The van der Waals surface area contributed by atoms with Gasteiger partial charge >= 0.3 is 0 Å². The highest BCUT2D eigenvalue weighted by molar-refractivity contribution is 7.99. The summed E-state index contributed by atoms with van der Waals surface area (Å²) >= 11 is 1.14. The molecule has 0 unspecified atom stereocenters. The van der Waals surface area contributed by atoms with Crippen molar-refractivity contribution in [2.45, 2.75) is 5.03 Å². The number of nitrogens with zero attached hydrogens (tertiary/aromatic N) is 2. The standard InChI is InChI=1S/C19H16N2O3S/c1-24-16-9-5-8-15(12-16)21-11-10-20-18(19(21)23)25-13-17(22)14-6-3-2-4-7-14/h2-12H,13H2,1H3. The zero-order valence-electron chi connectivity index (χ0n) is 13.6. The van der Waals surface area contributed by atoms with Gasteiger partial charge in [-0.15, -0.1) is 0 Å². The predicted octanol–water partition coefficient (Wildman–Crippen LogP) is 3.22. The topological polar surface area (TPSA) is 61.2 Å². The fourth-order valence-corrected chi connectivity index (χ4v) is 3.09. The van der Waals surface area contributed by atoms with Crippen LogP contribution < -0.4 is 10.3 Å². The summed E-state index contributed by atoms with van der Waals surface area (Å²) in [6.07, 6.45) is 3.15. The van der Waals surface area contributed by atoms with E-state index >= 15 is 0 Å². The van der Waals surface area contributed by atoms with Crippen LogP contribution in [-0.2, 0) is 0 Å². The molecule has 0 aliphatic heterocycles. The summed E-state index contributed by atoms with van der Waals surface area (Å²) in [5, 5.41) is 0.287. The zero-order valence-corrected chi connectivity index (χ0v) is 14.4. The number of rotatable bonds is 6. The maximum Gasteiger partial charge on any atom is 0.287 e. The summed E-state index contributed by atoms with van der Waals surface area (Å²) in [5.41, 5.74) is 1.05. The van der Waals surface area contributed by atoms with Crippen LogP contribution in [0.15, 0.2) is 76.8 Å². The Morgan fingerprint density at radius 2 is 1.96 bits per heavy atom. The molecule has 3 rings (SSSR count). The monoisotopic (exact) mass is 352 g/mol. The number of methoxy groups -OCH3 is 1. The fraction of sp³-hybridized carbons (Fsp3) is 0.105. The molecular formula is C19H16N2O3S. The quantitative estimate of drug-likeness (QED) is 0.503. The molecule has 0 aliphatic rings. The first kappa shape index (κ1) is 17.0. The number of ether oxygens (including phenoxy) is 1. The van der Waals surface area contributed by atoms with Crippen LogP contribution >= 0.6 is 11.8 Å². The number of thioether (sulfide) groups is 1. The largest absolute Gasteiger partial charge is 0.497 e. The van der Waals surface area contributed by atoms with Gasteiger partial charge in [0.25, 0.3) is 5.56 Å². The normalized spacial score (nSPS) is 10.4. The third-order valence-corrected chi connectivity index (χ3v) is 4.54. The van der Waals surface area contributed by atoms with Crippen molar-refractivity contribution in [2.75, 3.05) is 12.9 Å². The SMILES string of the molecule is COc1cccc(-n2ccnc(SCC(=O)c3ccccc3)c2=O)c1. The zero-order chi connectivity index (χ0) is 17.6. The van der Waals surface area contributed by atoms with Crippen LogP contribution in [0.25, 0.3) is 5.69 Å². The fourth-order valence-electron chi connectivity index (χ4n) is 2.30. The molecule has 3 aromatic rings. The number of aromatic nitrogens is 2. The summed E-state index contributed by atoms with van der Waals surface area (Å²) in [5.74, 6) is 0.784. The van der Waals surface area contributed by atoms with E-state index in [1.807, 2.05) is 36.4 Å². The smallest absolute Gasteiger partial charge is 0.287 e. The summed E-state index contributed by atoms with van der Waals surface area (Å²) in [4.78, 5) is 29.0. The molecule has 0 spiro atoms. The van der Waals surface area contributed by atoms with E-state index in [1.165, 1.54) is 4.57 Å². The highest BCUT2D eigenvalue weighted by Gasteiger charge is 2.11. The van der Waals surface area contributed by atoms with Gasteiger partial charge in [-0.3, -0.25) is 14.2 Å². The minimum atomic E-state index is -0.262. The number of carbonyl (C=O) groups is 1.